The fourth-order valence-corrected chi connectivity index (χ4v) is 3.21. The van der Waals surface area contributed by atoms with E-state index >= 15 is 0 Å². The summed E-state index contributed by atoms with van der Waals surface area (Å²) >= 11 is 0. The lowest BCUT2D eigenvalue weighted by Crippen LogP contribution is -2.49. The average Bonchev–Trinajstić information content (AvgIpc) is 2.77. The van der Waals surface area contributed by atoms with Crippen molar-refractivity contribution < 1.29 is 14.3 Å². The maximum Gasteiger partial charge on any atom is 0.242 e. The second kappa shape index (κ2) is 12.8. The predicted molar refractivity (Wildman–Crippen MR) is 125 cm³/mol. The number of carbonyl (C=O) groups excluding carboxylic acids is 2. The Bertz CT molecular complexity index is 803. The van der Waals surface area contributed by atoms with Gasteiger partial charge in [-0.15, -0.1) is 0 Å². The summed E-state index contributed by atoms with van der Waals surface area (Å²) in [5.41, 5.74) is 2.33. The zero-order valence-electron chi connectivity index (χ0n) is 19.3. The molecule has 0 aliphatic carbocycles. The van der Waals surface area contributed by atoms with Crippen molar-refractivity contribution in [2.75, 3.05) is 19.7 Å². The number of hydrogen-bond donors (Lipinski definition) is 1. The number of nitrogens with zero attached hydrogens (tertiary/aromatic N) is 1. The largest absolute Gasteiger partial charge is 0.494 e. The minimum Gasteiger partial charge on any atom is -0.494 e. The normalized spacial score (nSPS) is 11.8. The molecular weight excluding hydrogens is 388 g/mol. The van der Waals surface area contributed by atoms with Gasteiger partial charge >= 0.3 is 0 Å². The van der Waals surface area contributed by atoms with Crippen molar-refractivity contribution in [3.8, 4) is 5.75 Å². The standard InChI is InChI=1S/C26H36N2O3/c1-20(2)19-27-26(30)22(4)28(17-16-23-9-6-5-7-10-23)25(29)11-8-18-31-24-14-12-21(3)13-15-24/h5-7,9-10,12-15,20,22H,8,11,16-19H2,1-4H3,(H,27,30). The van der Waals surface area contributed by atoms with Crippen LogP contribution in [0.15, 0.2) is 54.6 Å². The van der Waals surface area contributed by atoms with E-state index in [1.54, 1.807) is 11.8 Å². The van der Waals surface area contributed by atoms with E-state index < -0.39 is 6.04 Å². The van der Waals surface area contributed by atoms with Crippen LogP contribution in [-0.4, -0.2) is 42.5 Å². The Kier molecular flexibility index (Phi) is 10.1. The molecule has 5 nitrogen and oxygen atoms in total. The average molecular weight is 425 g/mol. The molecule has 1 unspecified atom stereocenters. The highest BCUT2D eigenvalue weighted by molar-refractivity contribution is 5.87. The third-order valence-corrected chi connectivity index (χ3v) is 5.16. The molecular formula is C26H36N2O3. The smallest absolute Gasteiger partial charge is 0.242 e. The van der Waals surface area contributed by atoms with E-state index in [-0.39, 0.29) is 11.8 Å². The SMILES string of the molecule is Cc1ccc(OCCCC(=O)N(CCc2ccccc2)C(C)C(=O)NCC(C)C)cc1. The molecule has 0 fully saturated rings. The van der Waals surface area contributed by atoms with Crippen LogP contribution in [0, 0.1) is 12.8 Å². The van der Waals surface area contributed by atoms with Gasteiger partial charge in [-0.05, 0) is 50.3 Å². The van der Waals surface area contributed by atoms with E-state index in [9.17, 15) is 9.59 Å². The van der Waals surface area contributed by atoms with Gasteiger partial charge in [-0.25, -0.2) is 0 Å². The molecule has 0 aromatic heterocycles. The van der Waals surface area contributed by atoms with Crippen molar-refractivity contribution in [1.29, 1.82) is 0 Å². The van der Waals surface area contributed by atoms with Crippen LogP contribution >= 0.6 is 0 Å². The van der Waals surface area contributed by atoms with Crippen molar-refractivity contribution in [1.82, 2.24) is 10.2 Å². The molecule has 1 atom stereocenters. The lowest BCUT2D eigenvalue weighted by Gasteiger charge is -2.29. The van der Waals surface area contributed by atoms with Crippen molar-refractivity contribution in [2.24, 2.45) is 5.92 Å². The van der Waals surface area contributed by atoms with Gasteiger partial charge in [-0.2, -0.15) is 0 Å². The summed E-state index contributed by atoms with van der Waals surface area (Å²) in [6.45, 7) is 9.53. The number of rotatable bonds is 12. The van der Waals surface area contributed by atoms with Crippen molar-refractivity contribution in [2.45, 2.75) is 53.0 Å². The van der Waals surface area contributed by atoms with Gasteiger partial charge < -0.3 is 15.0 Å². The van der Waals surface area contributed by atoms with Crippen LogP contribution in [0.4, 0.5) is 0 Å². The molecule has 2 amide bonds. The van der Waals surface area contributed by atoms with E-state index in [0.717, 1.165) is 11.3 Å². The minimum absolute atomic E-state index is 0.0179. The first-order valence-corrected chi connectivity index (χ1v) is 11.2. The second-order valence-electron chi connectivity index (χ2n) is 8.40. The van der Waals surface area contributed by atoms with Gasteiger partial charge in [-0.3, -0.25) is 9.59 Å². The number of nitrogens with one attached hydrogen (secondary N) is 1. The van der Waals surface area contributed by atoms with E-state index in [0.29, 0.717) is 44.9 Å². The van der Waals surface area contributed by atoms with Crippen LogP contribution in [0.25, 0.3) is 0 Å². The Morgan fingerprint density at radius 1 is 1.00 bits per heavy atom. The van der Waals surface area contributed by atoms with E-state index in [4.69, 9.17) is 4.74 Å². The van der Waals surface area contributed by atoms with Crippen molar-refractivity contribution in [3.63, 3.8) is 0 Å². The first kappa shape index (κ1) is 24.4. The van der Waals surface area contributed by atoms with Crippen LogP contribution in [0.2, 0.25) is 0 Å². The highest BCUT2D eigenvalue weighted by Crippen LogP contribution is 2.13. The molecule has 0 saturated carbocycles. The molecule has 31 heavy (non-hydrogen) atoms. The van der Waals surface area contributed by atoms with Gasteiger partial charge in [0.2, 0.25) is 11.8 Å². The number of amides is 2. The fourth-order valence-electron chi connectivity index (χ4n) is 3.21. The van der Waals surface area contributed by atoms with Crippen LogP contribution in [0.5, 0.6) is 5.75 Å². The molecule has 1 N–H and O–H groups in total. The van der Waals surface area contributed by atoms with Crippen LogP contribution in [0.3, 0.4) is 0 Å². The molecule has 2 aromatic carbocycles. The van der Waals surface area contributed by atoms with Gasteiger partial charge in [0.1, 0.15) is 11.8 Å². The topological polar surface area (TPSA) is 58.6 Å². The molecule has 5 heteroatoms. The summed E-state index contributed by atoms with van der Waals surface area (Å²) in [5, 5.41) is 2.95. The monoisotopic (exact) mass is 424 g/mol. The van der Waals surface area contributed by atoms with Crippen molar-refractivity contribution in [3.05, 3.63) is 65.7 Å². The molecule has 2 aromatic rings. The van der Waals surface area contributed by atoms with E-state index in [2.05, 4.69) is 19.2 Å². The van der Waals surface area contributed by atoms with Crippen LogP contribution in [-0.2, 0) is 16.0 Å². The molecule has 0 aliphatic heterocycles. The summed E-state index contributed by atoms with van der Waals surface area (Å²) in [5.74, 6) is 1.05. The zero-order valence-corrected chi connectivity index (χ0v) is 19.3. The Hall–Kier alpha value is -2.82. The number of ether oxygens (including phenoxy) is 1. The van der Waals surface area contributed by atoms with Gasteiger partial charge in [-0.1, -0.05) is 61.9 Å². The summed E-state index contributed by atoms with van der Waals surface area (Å²) in [7, 11) is 0. The van der Waals surface area contributed by atoms with Gasteiger partial charge in [0.15, 0.2) is 0 Å². The number of benzene rings is 2. The molecule has 0 radical (unpaired) electrons. The maximum atomic E-state index is 13.0. The highest BCUT2D eigenvalue weighted by atomic mass is 16.5. The lowest BCUT2D eigenvalue weighted by molar-refractivity contribution is -0.140. The van der Waals surface area contributed by atoms with Gasteiger partial charge in [0.05, 0.1) is 6.61 Å². The van der Waals surface area contributed by atoms with Gasteiger partial charge in [0, 0.05) is 19.5 Å². The van der Waals surface area contributed by atoms with E-state index in [1.165, 1.54) is 5.56 Å². The summed E-state index contributed by atoms with van der Waals surface area (Å²) in [6.07, 6.45) is 1.67. The second-order valence-corrected chi connectivity index (χ2v) is 8.40. The first-order valence-electron chi connectivity index (χ1n) is 11.2. The molecule has 0 aliphatic rings. The Labute approximate surface area is 186 Å². The quantitative estimate of drug-likeness (QED) is 0.514. The Morgan fingerprint density at radius 2 is 1.68 bits per heavy atom. The summed E-state index contributed by atoms with van der Waals surface area (Å²) in [4.78, 5) is 27.3. The molecule has 0 spiro atoms. The summed E-state index contributed by atoms with van der Waals surface area (Å²) < 4.78 is 5.74. The number of hydrogen-bond acceptors (Lipinski definition) is 3. The first-order chi connectivity index (χ1) is 14.9. The molecule has 0 heterocycles. The molecule has 0 bridgehead atoms. The Balaban J connectivity index is 1.92. The number of aryl methyl sites for hydroxylation is 1. The number of carbonyl (C=O) groups is 2. The van der Waals surface area contributed by atoms with E-state index in [1.807, 2.05) is 61.5 Å². The molecule has 0 saturated heterocycles. The molecule has 2 rings (SSSR count). The fraction of sp³-hybridized carbons (Fsp3) is 0.462. The third-order valence-electron chi connectivity index (χ3n) is 5.16. The minimum atomic E-state index is -0.507. The molecule has 168 valence electrons. The predicted octanol–water partition coefficient (Wildman–Crippen LogP) is 4.39. The maximum absolute atomic E-state index is 13.0. The third kappa shape index (κ3) is 8.83. The highest BCUT2D eigenvalue weighted by Gasteiger charge is 2.25. The van der Waals surface area contributed by atoms with Crippen molar-refractivity contribution >= 4 is 11.8 Å². The Morgan fingerprint density at radius 3 is 2.32 bits per heavy atom. The lowest BCUT2D eigenvalue weighted by atomic mass is 10.1. The summed E-state index contributed by atoms with van der Waals surface area (Å²) in [6, 6.07) is 17.4. The van der Waals surface area contributed by atoms with Gasteiger partial charge in [0.25, 0.3) is 0 Å². The zero-order chi connectivity index (χ0) is 22.6. The van der Waals surface area contributed by atoms with Crippen LogP contribution < -0.4 is 10.1 Å². The van der Waals surface area contributed by atoms with Crippen LogP contribution in [0.1, 0.15) is 44.7 Å².